The monoisotopic (exact) mass is 451 g/mol. The molecule has 2 unspecified atom stereocenters. The largest absolute Gasteiger partial charge is 0.726 e. The molecule has 0 bridgehead atoms. The van der Waals surface area contributed by atoms with Gasteiger partial charge in [-0.2, -0.15) is 0 Å². The van der Waals surface area contributed by atoms with E-state index in [0.29, 0.717) is 6.42 Å². The highest BCUT2D eigenvalue weighted by Gasteiger charge is 2.32. The topological polar surface area (TPSA) is 103 Å². The second-order valence-corrected chi connectivity index (χ2v) is 10.1. The highest BCUT2D eigenvalue weighted by Crippen LogP contribution is 2.31. The van der Waals surface area contributed by atoms with E-state index in [2.05, 4.69) is 6.92 Å². The summed E-state index contributed by atoms with van der Waals surface area (Å²) in [6.45, 7) is 7.86. The van der Waals surface area contributed by atoms with Crippen molar-refractivity contribution in [3.63, 3.8) is 0 Å². The highest BCUT2D eigenvalue weighted by atomic mass is 32.3. The molecule has 2 atom stereocenters. The smallest absolute Gasteiger partial charge is 0.218 e. The molecule has 5 nitrogen and oxygen atoms in total. The summed E-state index contributed by atoms with van der Waals surface area (Å²) in [5.74, 6) is 0.0582. The Hall–Kier alpha value is -0.170. The standard InChI is InChI=1S/C24H50O4S.H3N/c1-5-7-8-9-10-11-12-13-14-15-16-17-18-19-20-21-22-23(3)24(4,6-2)28-29(25,26)27;/h23H,5-22H2,1-4H3,(H,25,26,27);1H3. The van der Waals surface area contributed by atoms with Crippen LogP contribution in [0.3, 0.4) is 0 Å². The van der Waals surface area contributed by atoms with Crippen LogP contribution in [0, 0.1) is 5.92 Å². The number of hydrogen-bond donors (Lipinski definition) is 1. The van der Waals surface area contributed by atoms with Crippen LogP contribution < -0.4 is 6.15 Å². The molecule has 0 aromatic heterocycles. The van der Waals surface area contributed by atoms with E-state index in [-0.39, 0.29) is 12.1 Å². The van der Waals surface area contributed by atoms with E-state index in [4.69, 9.17) is 4.18 Å². The maximum Gasteiger partial charge on any atom is 0.218 e. The third-order valence-corrected chi connectivity index (χ3v) is 7.11. The van der Waals surface area contributed by atoms with Crippen LogP contribution in [0.25, 0.3) is 0 Å². The maximum absolute atomic E-state index is 11.0. The van der Waals surface area contributed by atoms with Crippen LogP contribution in [0.15, 0.2) is 0 Å². The Kier molecular flexibility index (Phi) is 20.8. The molecule has 30 heavy (non-hydrogen) atoms. The Morgan fingerprint density at radius 1 is 0.733 bits per heavy atom. The number of hydrogen-bond acceptors (Lipinski definition) is 4. The predicted octanol–water partition coefficient (Wildman–Crippen LogP) is 8.30. The minimum atomic E-state index is -4.65. The van der Waals surface area contributed by atoms with Gasteiger partial charge in [-0.15, -0.1) is 0 Å². The quantitative estimate of drug-likeness (QED) is 0.108. The fourth-order valence-electron chi connectivity index (χ4n) is 4.03. The van der Waals surface area contributed by atoms with Crippen molar-refractivity contribution in [1.82, 2.24) is 6.15 Å². The summed E-state index contributed by atoms with van der Waals surface area (Å²) in [6.07, 6.45) is 22.9. The van der Waals surface area contributed by atoms with E-state index >= 15 is 0 Å². The first-order valence-corrected chi connectivity index (χ1v) is 13.7. The molecule has 0 amide bonds. The molecule has 0 aromatic carbocycles. The van der Waals surface area contributed by atoms with Gasteiger partial charge in [-0.05, 0) is 25.7 Å². The van der Waals surface area contributed by atoms with Crippen molar-refractivity contribution in [2.75, 3.05) is 0 Å². The van der Waals surface area contributed by atoms with Crippen molar-refractivity contribution in [3.05, 3.63) is 0 Å². The normalized spacial score (nSPS) is 14.8. The van der Waals surface area contributed by atoms with Gasteiger partial charge in [-0.3, -0.25) is 4.18 Å². The summed E-state index contributed by atoms with van der Waals surface area (Å²) < 4.78 is 37.7. The first-order chi connectivity index (χ1) is 13.7. The molecule has 0 aliphatic carbocycles. The molecule has 0 rings (SSSR count). The molecule has 0 radical (unpaired) electrons. The average Bonchev–Trinajstić information content (AvgIpc) is 2.66. The van der Waals surface area contributed by atoms with Gasteiger partial charge in [0.1, 0.15) is 0 Å². The zero-order chi connectivity index (χ0) is 22.0. The van der Waals surface area contributed by atoms with Crippen molar-refractivity contribution >= 4 is 10.4 Å². The summed E-state index contributed by atoms with van der Waals surface area (Å²) in [7, 11) is -4.65. The predicted molar refractivity (Wildman–Crippen MR) is 129 cm³/mol. The van der Waals surface area contributed by atoms with Crippen molar-refractivity contribution in [2.24, 2.45) is 5.92 Å². The van der Waals surface area contributed by atoms with Gasteiger partial charge >= 0.3 is 0 Å². The van der Waals surface area contributed by atoms with Gasteiger partial charge < -0.3 is 10.7 Å². The van der Waals surface area contributed by atoms with E-state index in [0.717, 1.165) is 12.8 Å². The lowest BCUT2D eigenvalue weighted by atomic mass is 9.84. The van der Waals surface area contributed by atoms with Gasteiger partial charge in [-0.25, -0.2) is 8.42 Å². The molecule has 0 aliphatic rings. The molecule has 184 valence electrons. The lowest BCUT2D eigenvalue weighted by Gasteiger charge is -2.35. The molecule has 6 heteroatoms. The Bertz CT molecular complexity index is 470. The van der Waals surface area contributed by atoms with Gasteiger partial charge in [-0.1, -0.05) is 124 Å². The van der Waals surface area contributed by atoms with E-state index in [9.17, 15) is 13.0 Å². The van der Waals surface area contributed by atoms with Crippen LogP contribution in [-0.2, 0) is 14.6 Å². The van der Waals surface area contributed by atoms with Gasteiger partial charge in [0.25, 0.3) is 0 Å². The van der Waals surface area contributed by atoms with E-state index in [1.165, 1.54) is 96.3 Å². The Morgan fingerprint density at radius 3 is 1.37 bits per heavy atom. The summed E-state index contributed by atoms with van der Waals surface area (Å²) in [5, 5.41) is 0. The van der Waals surface area contributed by atoms with Crippen molar-refractivity contribution in [1.29, 1.82) is 0 Å². The third kappa shape index (κ3) is 18.6. The fraction of sp³-hybridized carbons (Fsp3) is 1.00. The molecule has 0 saturated heterocycles. The second kappa shape index (κ2) is 19.5. The molecular formula is C24H53NO4S. The Balaban J connectivity index is 0. The minimum Gasteiger partial charge on any atom is -0.726 e. The zero-order valence-electron chi connectivity index (χ0n) is 20.8. The number of unbranched alkanes of at least 4 members (excludes halogenated alkanes) is 15. The van der Waals surface area contributed by atoms with Gasteiger partial charge in [0.2, 0.25) is 10.4 Å². The summed E-state index contributed by atoms with van der Waals surface area (Å²) in [5.41, 5.74) is -0.879. The van der Waals surface area contributed by atoms with E-state index < -0.39 is 16.0 Å². The van der Waals surface area contributed by atoms with Crippen molar-refractivity contribution in [3.8, 4) is 0 Å². The fourth-order valence-corrected chi connectivity index (χ4v) is 4.78. The SMILES string of the molecule is CCCCCCCCCCCCCCCCCCC(C)C(C)(CC)OS(=O)(=O)[O-].[NH4+]. The summed E-state index contributed by atoms with van der Waals surface area (Å²) >= 11 is 0. The molecule has 0 spiro atoms. The van der Waals surface area contributed by atoms with Gasteiger partial charge in [0.05, 0.1) is 5.60 Å². The molecule has 0 saturated carbocycles. The van der Waals surface area contributed by atoms with E-state index in [1.807, 2.05) is 13.8 Å². The lowest BCUT2D eigenvalue weighted by Crippen LogP contribution is -2.37. The molecule has 0 fully saturated rings. The van der Waals surface area contributed by atoms with Crippen molar-refractivity contribution in [2.45, 2.75) is 149 Å². The Morgan fingerprint density at radius 2 is 1.07 bits per heavy atom. The molecular weight excluding hydrogens is 398 g/mol. The van der Waals surface area contributed by atoms with Crippen LogP contribution in [0.4, 0.5) is 0 Å². The van der Waals surface area contributed by atoms with Crippen molar-refractivity contribution < 1.29 is 17.2 Å². The van der Waals surface area contributed by atoms with Gasteiger partial charge in [0.15, 0.2) is 0 Å². The number of rotatable bonds is 21. The number of quaternary nitrogens is 1. The second-order valence-electron chi connectivity index (χ2n) is 9.15. The molecule has 0 aromatic rings. The minimum absolute atomic E-state index is 0. The van der Waals surface area contributed by atoms with Crippen LogP contribution in [-0.4, -0.2) is 18.6 Å². The summed E-state index contributed by atoms with van der Waals surface area (Å²) in [6, 6.07) is 0. The van der Waals surface area contributed by atoms with Crippen LogP contribution >= 0.6 is 0 Å². The first-order valence-electron chi connectivity index (χ1n) is 12.4. The Labute approximate surface area is 188 Å². The third-order valence-electron chi connectivity index (χ3n) is 6.53. The maximum atomic E-state index is 11.0. The lowest BCUT2D eigenvalue weighted by molar-refractivity contribution is 0.0189. The van der Waals surface area contributed by atoms with Crippen LogP contribution in [0.1, 0.15) is 143 Å². The molecule has 0 aliphatic heterocycles. The van der Waals surface area contributed by atoms with E-state index in [1.54, 1.807) is 6.92 Å². The molecule has 4 N–H and O–H groups in total. The van der Waals surface area contributed by atoms with Crippen LogP contribution in [0.5, 0.6) is 0 Å². The van der Waals surface area contributed by atoms with Crippen LogP contribution in [0.2, 0.25) is 0 Å². The summed E-state index contributed by atoms with van der Waals surface area (Å²) in [4.78, 5) is 0. The zero-order valence-corrected chi connectivity index (χ0v) is 21.7. The first kappa shape index (κ1) is 32.0. The molecule has 0 heterocycles. The highest BCUT2D eigenvalue weighted by molar-refractivity contribution is 7.80. The average molecular weight is 452 g/mol. The van der Waals surface area contributed by atoms with Gasteiger partial charge in [0, 0.05) is 0 Å².